The monoisotopic (exact) mass is 130 g/mol. The third-order valence-corrected chi connectivity index (χ3v) is 0.886. The van der Waals surface area contributed by atoms with Crippen molar-refractivity contribution in [3.05, 3.63) is 11.8 Å². The number of carboxylic acids is 1. The molecule has 0 aromatic rings. The smallest absolute Gasteiger partial charge is 0.307 e. The van der Waals surface area contributed by atoms with Gasteiger partial charge in [-0.2, -0.15) is 0 Å². The lowest BCUT2D eigenvalue weighted by Gasteiger charge is -1.94. The Morgan fingerprint density at radius 1 is 1.78 bits per heavy atom. The van der Waals surface area contributed by atoms with Crippen molar-refractivity contribution < 1.29 is 14.6 Å². The molecule has 3 heteroatoms. The molecule has 0 heterocycles. The molecule has 0 unspecified atom stereocenters. The lowest BCUT2D eigenvalue weighted by Crippen LogP contribution is -1.91. The van der Waals surface area contributed by atoms with E-state index in [1.165, 1.54) is 13.2 Å². The quantitative estimate of drug-likeness (QED) is 0.580. The van der Waals surface area contributed by atoms with Crippen LogP contribution in [0.4, 0.5) is 0 Å². The zero-order valence-corrected chi connectivity index (χ0v) is 5.55. The minimum atomic E-state index is -0.841. The van der Waals surface area contributed by atoms with Crippen LogP contribution >= 0.6 is 0 Å². The van der Waals surface area contributed by atoms with Crippen LogP contribution in [-0.2, 0) is 9.53 Å². The van der Waals surface area contributed by atoms with Crippen molar-refractivity contribution in [1.29, 1.82) is 0 Å². The number of aliphatic carboxylic acids is 1. The van der Waals surface area contributed by atoms with E-state index in [1.54, 1.807) is 6.92 Å². The first-order valence-electron chi connectivity index (χ1n) is 2.59. The number of rotatable bonds is 3. The molecule has 52 valence electrons. The van der Waals surface area contributed by atoms with Gasteiger partial charge in [0.05, 0.1) is 19.3 Å². The lowest BCUT2D eigenvalue weighted by molar-refractivity contribution is -0.136. The van der Waals surface area contributed by atoms with Crippen molar-refractivity contribution in [3.8, 4) is 0 Å². The molecule has 0 bridgehead atoms. The summed E-state index contributed by atoms with van der Waals surface area (Å²) in [5, 5.41) is 8.16. The molecular formula is C6H10O3. The summed E-state index contributed by atoms with van der Waals surface area (Å²) in [6, 6.07) is 0. The van der Waals surface area contributed by atoms with E-state index in [4.69, 9.17) is 9.84 Å². The van der Waals surface area contributed by atoms with Gasteiger partial charge >= 0.3 is 5.97 Å². The third-order valence-electron chi connectivity index (χ3n) is 0.886. The second-order valence-corrected chi connectivity index (χ2v) is 1.62. The first-order valence-corrected chi connectivity index (χ1v) is 2.59. The van der Waals surface area contributed by atoms with Crippen LogP contribution in [0.3, 0.4) is 0 Å². The highest BCUT2D eigenvalue weighted by atomic mass is 16.5. The molecule has 0 aliphatic heterocycles. The summed E-state index contributed by atoms with van der Waals surface area (Å²) in [5.41, 5.74) is 0. The lowest BCUT2D eigenvalue weighted by atomic mass is 10.4. The zero-order valence-electron chi connectivity index (χ0n) is 5.55. The van der Waals surface area contributed by atoms with Crippen LogP contribution in [0, 0.1) is 0 Å². The molecule has 0 aromatic heterocycles. The Morgan fingerprint density at radius 2 is 2.33 bits per heavy atom. The molecule has 0 aliphatic rings. The Kier molecular flexibility index (Phi) is 3.51. The highest BCUT2D eigenvalue weighted by molar-refractivity contribution is 5.68. The van der Waals surface area contributed by atoms with Crippen LogP contribution < -0.4 is 0 Å². The molecule has 0 saturated heterocycles. The van der Waals surface area contributed by atoms with E-state index < -0.39 is 5.97 Å². The maximum atomic E-state index is 9.92. The van der Waals surface area contributed by atoms with Gasteiger partial charge in [0.15, 0.2) is 0 Å². The predicted molar refractivity (Wildman–Crippen MR) is 33.0 cm³/mol. The molecule has 0 aromatic carbocycles. The largest absolute Gasteiger partial charge is 0.502 e. The zero-order chi connectivity index (χ0) is 7.28. The van der Waals surface area contributed by atoms with Crippen LogP contribution in [0.5, 0.6) is 0 Å². The van der Waals surface area contributed by atoms with Gasteiger partial charge in [-0.3, -0.25) is 4.79 Å². The van der Waals surface area contributed by atoms with E-state index in [2.05, 4.69) is 0 Å². The average molecular weight is 130 g/mol. The van der Waals surface area contributed by atoms with Gasteiger partial charge in [0.2, 0.25) is 0 Å². The number of carbonyl (C=O) groups is 1. The number of methoxy groups -OCH3 is 1. The van der Waals surface area contributed by atoms with Gasteiger partial charge in [-0.05, 0) is 13.0 Å². The number of carboxylic acid groups (broad SMARTS) is 1. The van der Waals surface area contributed by atoms with Gasteiger partial charge in [-0.1, -0.05) is 0 Å². The van der Waals surface area contributed by atoms with Crippen molar-refractivity contribution in [2.45, 2.75) is 13.3 Å². The van der Waals surface area contributed by atoms with E-state index >= 15 is 0 Å². The highest BCUT2D eigenvalue weighted by Crippen LogP contribution is 1.93. The number of ether oxygens (including phenoxy) is 1. The molecule has 0 atom stereocenters. The van der Waals surface area contributed by atoms with Gasteiger partial charge in [-0.15, -0.1) is 0 Å². The van der Waals surface area contributed by atoms with Crippen LogP contribution in [0.15, 0.2) is 11.8 Å². The molecule has 0 rings (SSSR count). The Morgan fingerprint density at radius 3 is 2.67 bits per heavy atom. The standard InChI is InChI=1S/C6H10O3/c1-5(9-2)3-4-6(7)8/h3H,4H2,1-2H3,(H,7,8)/b5-3-. The third kappa shape index (κ3) is 4.87. The maximum absolute atomic E-state index is 9.92. The van der Waals surface area contributed by atoms with Crippen molar-refractivity contribution in [2.24, 2.45) is 0 Å². The number of allylic oxidation sites excluding steroid dienone is 1. The van der Waals surface area contributed by atoms with E-state index in [1.807, 2.05) is 0 Å². The van der Waals surface area contributed by atoms with Crippen molar-refractivity contribution in [2.75, 3.05) is 7.11 Å². The van der Waals surface area contributed by atoms with Gasteiger partial charge < -0.3 is 9.84 Å². The Labute approximate surface area is 53.9 Å². The van der Waals surface area contributed by atoms with Crippen LogP contribution in [0.2, 0.25) is 0 Å². The average Bonchev–Trinajstić information content (AvgIpc) is 1.83. The second kappa shape index (κ2) is 3.95. The molecular weight excluding hydrogens is 120 g/mol. The van der Waals surface area contributed by atoms with Gasteiger partial charge in [0.1, 0.15) is 0 Å². The summed E-state index contributed by atoms with van der Waals surface area (Å²) in [4.78, 5) is 9.92. The highest BCUT2D eigenvalue weighted by Gasteiger charge is 1.91. The van der Waals surface area contributed by atoms with E-state index in [9.17, 15) is 4.79 Å². The second-order valence-electron chi connectivity index (χ2n) is 1.62. The van der Waals surface area contributed by atoms with Gasteiger partial charge in [0, 0.05) is 0 Å². The van der Waals surface area contributed by atoms with Crippen molar-refractivity contribution in [1.82, 2.24) is 0 Å². The predicted octanol–water partition coefficient (Wildman–Crippen LogP) is 1.01. The molecule has 0 amide bonds. The molecule has 0 saturated carbocycles. The molecule has 1 N–H and O–H groups in total. The molecule has 3 nitrogen and oxygen atoms in total. The Balaban J connectivity index is 3.56. The van der Waals surface area contributed by atoms with E-state index in [-0.39, 0.29) is 6.42 Å². The molecule has 0 radical (unpaired) electrons. The number of hydrogen-bond donors (Lipinski definition) is 1. The maximum Gasteiger partial charge on any atom is 0.307 e. The Hall–Kier alpha value is -0.990. The molecule has 0 aliphatic carbocycles. The minimum Gasteiger partial charge on any atom is -0.502 e. The normalized spacial score (nSPS) is 11.1. The van der Waals surface area contributed by atoms with Crippen LogP contribution in [0.1, 0.15) is 13.3 Å². The van der Waals surface area contributed by atoms with Gasteiger partial charge in [-0.25, -0.2) is 0 Å². The summed E-state index contributed by atoms with van der Waals surface area (Å²) in [7, 11) is 1.51. The van der Waals surface area contributed by atoms with E-state index in [0.29, 0.717) is 5.76 Å². The summed E-state index contributed by atoms with van der Waals surface area (Å²) < 4.78 is 4.70. The summed E-state index contributed by atoms with van der Waals surface area (Å²) in [5.74, 6) is -0.205. The molecule has 0 spiro atoms. The minimum absolute atomic E-state index is 0.0275. The van der Waals surface area contributed by atoms with Crippen molar-refractivity contribution in [3.63, 3.8) is 0 Å². The van der Waals surface area contributed by atoms with Crippen molar-refractivity contribution >= 4 is 5.97 Å². The number of hydrogen-bond acceptors (Lipinski definition) is 2. The fraction of sp³-hybridized carbons (Fsp3) is 0.500. The Bertz CT molecular complexity index is 126. The van der Waals surface area contributed by atoms with Gasteiger partial charge in [0.25, 0.3) is 0 Å². The SMILES string of the molecule is CO/C(C)=C\CC(=O)O. The van der Waals surface area contributed by atoms with Crippen LogP contribution in [0.25, 0.3) is 0 Å². The summed E-state index contributed by atoms with van der Waals surface area (Å²) >= 11 is 0. The van der Waals surface area contributed by atoms with E-state index in [0.717, 1.165) is 0 Å². The molecule has 9 heavy (non-hydrogen) atoms. The fourth-order valence-electron chi connectivity index (χ4n) is 0.314. The van der Waals surface area contributed by atoms with Crippen LogP contribution in [-0.4, -0.2) is 18.2 Å². The molecule has 0 fully saturated rings. The fourth-order valence-corrected chi connectivity index (χ4v) is 0.314. The first kappa shape index (κ1) is 8.01. The summed E-state index contributed by atoms with van der Waals surface area (Å²) in [6.07, 6.45) is 1.54. The first-order chi connectivity index (χ1) is 4.16. The summed E-state index contributed by atoms with van der Waals surface area (Å²) in [6.45, 7) is 1.71. The topological polar surface area (TPSA) is 46.5 Å².